The lowest BCUT2D eigenvalue weighted by molar-refractivity contribution is -0.143. The third kappa shape index (κ3) is 4.10. The number of rotatable bonds is 7. The molecule has 1 fully saturated rings. The normalized spacial score (nSPS) is 17.7. The maximum atomic E-state index is 11.8. The topological polar surface area (TPSA) is 68.2 Å². The molecule has 1 aliphatic heterocycles. The second-order valence-electron chi connectivity index (χ2n) is 8.10. The van der Waals surface area contributed by atoms with Crippen molar-refractivity contribution >= 4 is 16.7 Å². The summed E-state index contributed by atoms with van der Waals surface area (Å²) < 4.78 is 16.8. The number of hydrogen-bond donors (Lipinski definition) is 1. The van der Waals surface area contributed by atoms with Crippen LogP contribution in [0.2, 0.25) is 0 Å². The minimum absolute atomic E-state index is 0.156. The summed E-state index contributed by atoms with van der Waals surface area (Å²) in [6.07, 6.45) is 1.53. The molecule has 1 aliphatic rings. The summed E-state index contributed by atoms with van der Waals surface area (Å²) in [5.41, 5.74) is 2.10. The number of carboxylic acids is 1. The molecule has 0 radical (unpaired) electrons. The third-order valence-corrected chi connectivity index (χ3v) is 6.29. The van der Waals surface area contributed by atoms with Gasteiger partial charge in [-0.1, -0.05) is 42.5 Å². The van der Waals surface area contributed by atoms with E-state index in [9.17, 15) is 9.90 Å². The van der Waals surface area contributed by atoms with E-state index in [1.54, 1.807) is 21.3 Å². The Bertz CT molecular complexity index is 1080. The molecule has 1 saturated heterocycles. The Morgan fingerprint density at radius 1 is 1.00 bits per heavy atom. The van der Waals surface area contributed by atoms with Gasteiger partial charge in [-0.2, -0.15) is 0 Å². The molecule has 0 spiro atoms. The van der Waals surface area contributed by atoms with Gasteiger partial charge in [0.15, 0.2) is 11.5 Å². The first kappa shape index (κ1) is 22.0. The van der Waals surface area contributed by atoms with E-state index < -0.39 is 5.97 Å². The molecule has 6 heteroatoms. The van der Waals surface area contributed by atoms with E-state index in [0.29, 0.717) is 30.2 Å². The second kappa shape index (κ2) is 9.49. The Balaban J connectivity index is 1.91. The van der Waals surface area contributed by atoms with Crippen molar-refractivity contribution < 1.29 is 24.1 Å². The van der Waals surface area contributed by atoms with Crippen molar-refractivity contribution in [3.05, 3.63) is 65.7 Å². The van der Waals surface area contributed by atoms with E-state index in [1.165, 1.54) is 0 Å². The number of carbonyl (C=O) groups is 1. The molecule has 3 aromatic rings. The zero-order valence-electron chi connectivity index (χ0n) is 18.7. The highest BCUT2D eigenvalue weighted by Crippen LogP contribution is 2.44. The van der Waals surface area contributed by atoms with Crippen LogP contribution in [-0.4, -0.2) is 50.4 Å². The van der Waals surface area contributed by atoms with Crippen molar-refractivity contribution in [3.63, 3.8) is 0 Å². The van der Waals surface area contributed by atoms with Crippen LogP contribution in [0.15, 0.2) is 54.6 Å². The van der Waals surface area contributed by atoms with Crippen LogP contribution >= 0.6 is 0 Å². The molecule has 2 atom stereocenters. The number of fused-ring (bicyclic) bond motifs is 1. The minimum Gasteiger partial charge on any atom is -0.493 e. The summed E-state index contributed by atoms with van der Waals surface area (Å²) in [6, 6.07) is 18.3. The van der Waals surface area contributed by atoms with Crippen LogP contribution in [0.25, 0.3) is 10.8 Å². The van der Waals surface area contributed by atoms with Crippen molar-refractivity contribution in [3.8, 4) is 17.2 Å². The largest absolute Gasteiger partial charge is 0.493 e. The van der Waals surface area contributed by atoms with Gasteiger partial charge in [-0.05, 0) is 53.4 Å². The maximum Gasteiger partial charge on any atom is 0.307 e. The van der Waals surface area contributed by atoms with Crippen molar-refractivity contribution in [2.24, 2.45) is 5.92 Å². The quantitative estimate of drug-likeness (QED) is 0.578. The summed E-state index contributed by atoms with van der Waals surface area (Å²) in [4.78, 5) is 14.1. The number of ether oxygens (including phenoxy) is 3. The molecule has 4 rings (SSSR count). The molecule has 6 nitrogen and oxygen atoms in total. The number of benzene rings is 3. The third-order valence-electron chi connectivity index (χ3n) is 6.29. The number of likely N-dealkylation sites (tertiary alicyclic amines) is 1. The van der Waals surface area contributed by atoms with Gasteiger partial charge in [-0.15, -0.1) is 0 Å². The summed E-state index contributed by atoms with van der Waals surface area (Å²) >= 11 is 0. The molecule has 0 aliphatic carbocycles. The van der Waals surface area contributed by atoms with Gasteiger partial charge < -0.3 is 19.3 Å². The van der Waals surface area contributed by atoms with E-state index in [2.05, 4.69) is 35.2 Å². The minimum atomic E-state index is -0.740. The second-order valence-corrected chi connectivity index (χ2v) is 8.10. The molecule has 0 amide bonds. The number of methoxy groups -OCH3 is 3. The summed E-state index contributed by atoms with van der Waals surface area (Å²) in [5.74, 6) is 0.578. The zero-order chi connectivity index (χ0) is 22.7. The Hall–Kier alpha value is -3.25. The lowest BCUT2D eigenvalue weighted by atomic mass is 9.89. The Morgan fingerprint density at radius 3 is 2.34 bits per heavy atom. The van der Waals surface area contributed by atoms with E-state index in [-0.39, 0.29) is 12.0 Å². The summed E-state index contributed by atoms with van der Waals surface area (Å²) in [5, 5.41) is 12.0. The van der Waals surface area contributed by atoms with Crippen molar-refractivity contribution in [2.45, 2.75) is 18.9 Å². The maximum absolute atomic E-state index is 11.8. The van der Waals surface area contributed by atoms with Gasteiger partial charge in [0.1, 0.15) is 0 Å². The van der Waals surface area contributed by atoms with Crippen molar-refractivity contribution in [1.29, 1.82) is 0 Å². The van der Waals surface area contributed by atoms with Gasteiger partial charge >= 0.3 is 5.97 Å². The highest BCUT2D eigenvalue weighted by atomic mass is 16.5. The Labute approximate surface area is 188 Å². The molecule has 168 valence electrons. The lowest BCUT2D eigenvalue weighted by Crippen LogP contribution is -2.41. The summed E-state index contributed by atoms with van der Waals surface area (Å²) in [6.45, 7) is 1.30. The molecule has 0 aromatic heterocycles. The number of nitrogens with zero attached hydrogens (tertiary/aromatic N) is 1. The number of hydrogen-bond acceptors (Lipinski definition) is 5. The fraction of sp³-hybridized carbons (Fsp3) is 0.346. The fourth-order valence-corrected chi connectivity index (χ4v) is 4.78. The fourth-order valence-electron chi connectivity index (χ4n) is 4.78. The van der Waals surface area contributed by atoms with Gasteiger partial charge in [-0.3, -0.25) is 9.69 Å². The number of aliphatic carboxylic acids is 1. The molecule has 32 heavy (non-hydrogen) atoms. The number of carboxylic acid groups (broad SMARTS) is 1. The van der Waals surface area contributed by atoms with E-state index in [0.717, 1.165) is 34.9 Å². The van der Waals surface area contributed by atoms with Gasteiger partial charge in [-0.25, -0.2) is 0 Å². The van der Waals surface area contributed by atoms with E-state index >= 15 is 0 Å². The van der Waals surface area contributed by atoms with Gasteiger partial charge in [0.2, 0.25) is 5.75 Å². The molecular formula is C26H29NO5. The monoisotopic (exact) mass is 435 g/mol. The molecular weight excluding hydrogens is 406 g/mol. The Morgan fingerprint density at radius 2 is 1.69 bits per heavy atom. The van der Waals surface area contributed by atoms with Crippen LogP contribution in [0.1, 0.15) is 30.0 Å². The average molecular weight is 436 g/mol. The van der Waals surface area contributed by atoms with Crippen LogP contribution in [-0.2, 0) is 4.79 Å². The lowest BCUT2D eigenvalue weighted by Gasteiger charge is -2.38. The molecule has 1 N–H and O–H groups in total. The highest BCUT2D eigenvalue weighted by Gasteiger charge is 2.33. The van der Waals surface area contributed by atoms with E-state index in [4.69, 9.17) is 14.2 Å². The van der Waals surface area contributed by atoms with Crippen LogP contribution in [0.4, 0.5) is 0 Å². The first-order chi connectivity index (χ1) is 15.6. The standard InChI is InChI=1S/C26H29NO5/c1-30-22-14-19(15-23(31-2)25(22)32-3)24(27-13-7-10-18(16-27)26(28)29)21-12-6-9-17-8-4-5-11-20(17)21/h4-6,8-9,11-12,14-15,18,24H,7,10,13,16H2,1-3H3,(H,28,29). The smallest absolute Gasteiger partial charge is 0.307 e. The predicted octanol–water partition coefficient (Wildman–Crippen LogP) is 4.75. The zero-order valence-corrected chi connectivity index (χ0v) is 18.7. The van der Waals surface area contributed by atoms with Crippen LogP contribution in [0.5, 0.6) is 17.2 Å². The first-order valence-electron chi connectivity index (χ1n) is 10.8. The highest BCUT2D eigenvalue weighted by molar-refractivity contribution is 5.86. The van der Waals surface area contributed by atoms with Crippen LogP contribution in [0, 0.1) is 5.92 Å². The van der Waals surface area contributed by atoms with E-state index in [1.807, 2.05) is 24.3 Å². The van der Waals surface area contributed by atoms with Gasteiger partial charge in [0, 0.05) is 6.54 Å². The predicted molar refractivity (Wildman–Crippen MR) is 124 cm³/mol. The van der Waals surface area contributed by atoms with Gasteiger partial charge in [0.25, 0.3) is 0 Å². The number of piperidine rings is 1. The van der Waals surface area contributed by atoms with Crippen molar-refractivity contribution in [2.75, 3.05) is 34.4 Å². The van der Waals surface area contributed by atoms with Crippen molar-refractivity contribution in [1.82, 2.24) is 4.90 Å². The average Bonchev–Trinajstić information content (AvgIpc) is 2.83. The Kier molecular flexibility index (Phi) is 6.51. The molecule has 2 unspecified atom stereocenters. The molecule has 1 heterocycles. The molecule has 3 aromatic carbocycles. The summed E-state index contributed by atoms with van der Waals surface area (Å²) in [7, 11) is 4.80. The van der Waals surface area contributed by atoms with Gasteiger partial charge in [0.05, 0.1) is 33.3 Å². The molecule has 0 bridgehead atoms. The molecule has 0 saturated carbocycles. The first-order valence-corrected chi connectivity index (χ1v) is 10.8. The SMILES string of the molecule is COc1cc(C(c2cccc3ccccc23)N2CCCC(C(=O)O)C2)cc(OC)c1OC. The van der Waals surface area contributed by atoms with Crippen LogP contribution in [0.3, 0.4) is 0 Å². The van der Waals surface area contributed by atoms with Crippen LogP contribution < -0.4 is 14.2 Å².